The molecule has 1 aromatic carbocycles. The zero-order chi connectivity index (χ0) is 14.1. The lowest BCUT2D eigenvalue weighted by atomic mass is 10.2. The summed E-state index contributed by atoms with van der Waals surface area (Å²) in [6, 6.07) is 10.2. The molecule has 0 aliphatic rings. The Morgan fingerprint density at radius 1 is 1.25 bits per heavy atom. The van der Waals surface area contributed by atoms with Gasteiger partial charge in [-0.05, 0) is 42.1 Å². The number of pyridine rings is 1. The Bertz CT molecular complexity index is 803. The van der Waals surface area contributed by atoms with Gasteiger partial charge in [-0.2, -0.15) is 0 Å². The third-order valence-electron chi connectivity index (χ3n) is 2.66. The molecule has 0 aliphatic carbocycles. The van der Waals surface area contributed by atoms with E-state index < -0.39 is 5.97 Å². The predicted octanol–water partition coefficient (Wildman–Crippen LogP) is 3.23. The van der Waals surface area contributed by atoms with Gasteiger partial charge in [0.05, 0.1) is 5.56 Å². The van der Waals surface area contributed by atoms with E-state index >= 15 is 0 Å². The lowest BCUT2D eigenvalue weighted by Crippen LogP contribution is -1.99. The van der Waals surface area contributed by atoms with Crippen LogP contribution in [-0.4, -0.2) is 25.7 Å². The van der Waals surface area contributed by atoms with E-state index in [9.17, 15) is 9.90 Å². The summed E-state index contributed by atoms with van der Waals surface area (Å²) >= 11 is 7.15. The second-order valence-corrected chi connectivity index (χ2v) is 5.40. The molecule has 3 aromatic rings. The van der Waals surface area contributed by atoms with Crippen LogP contribution in [0.2, 0.25) is 5.02 Å². The zero-order valence-electron chi connectivity index (χ0n) is 10.0. The maximum Gasteiger partial charge on any atom is 0.336 e. The first-order valence-corrected chi connectivity index (χ1v) is 6.85. The SMILES string of the molecule is O=C(O)c1ccc(Cl)cc1Sc1nnc2ccccn12. The van der Waals surface area contributed by atoms with Crippen LogP contribution in [0.3, 0.4) is 0 Å². The van der Waals surface area contributed by atoms with E-state index in [4.69, 9.17) is 11.6 Å². The second kappa shape index (κ2) is 5.15. The summed E-state index contributed by atoms with van der Waals surface area (Å²) in [5, 5.41) is 18.3. The lowest BCUT2D eigenvalue weighted by molar-refractivity contribution is 0.0693. The largest absolute Gasteiger partial charge is 0.478 e. The molecule has 0 atom stereocenters. The van der Waals surface area contributed by atoms with Gasteiger partial charge in [0, 0.05) is 16.1 Å². The van der Waals surface area contributed by atoms with Crippen molar-refractivity contribution in [3.63, 3.8) is 0 Å². The summed E-state index contributed by atoms with van der Waals surface area (Å²) in [5.41, 5.74) is 0.890. The van der Waals surface area contributed by atoms with E-state index in [2.05, 4.69) is 10.2 Å². The minimum absolute atomic E-state index is 0.187. The molecule has 1 N–H and O–H groups in total. The molecule has 7 heteroatoms. The Morgan fingerprint density at radius 3 is 2.90 bits per heavy atom. The zero-order valence-corrected chi connectivity index (χ0v) is 11.6. The Hall–Kier alpha value is -2.05. The number of nitrogens with zero attached hydrogens (tertiary/aromatic N) is 3. The summed E-state index contributed by atoms with van der Waals surface area (Å²) in [6.07, 6.45) is 1.82. The highest BCUT2D eigenvalue weighted by Crippen LogP contribution is 2.31. The topological polar surface area (TPSA) is 67.5 Å². The maximum absolute atomic E-state index is 11.2. The quantitative estimate of drug-likeness (QED) is 0.804. The Kier molecular flexibility index (Phi) is 3.33. The van der Waals surface area contributed by atoms with Gasteiger partial charge in [0.1, 0.15) is 0 Å². The molecule has 0 fully saturated rings. The first kappa shape index (κ1) is 13.0. The number of fused-ring (bicyclic) bond motifs is 1. The molecule has 100 valence electrons. The van der Waals surface area contributed by atoms with Crippen molar-refractivity contribution < 1.29 is 9.90 Å². The highest BCUT2D eigenvalue weighted by atomic mass is 35.5. The monoisotopic (exact) mass is 305 g/mol. The van der Waals surface area contributed by atoms with Crippen LogP contribution in [0.25, 0.3) is 5.65 Å². The molecule has 0 bridgehead atoms. The third kappa shape index (κ3) is 2.35. The molecular formula is C13H8ClN3O2S. The molecule has 0 spiro atoms. The van der Waals surface area contributed by atoms with Crippen molar-refractivity contribution in [1.29, 1.82) is 0 Å². The highest BCUT2D eigenvalue weighted by Gasteiger charge is 2.14. The van der Waals surface area contributed by atoms with Crippen molar-refractivity contribution in [2.24, 2.45) is 0 Å². The van der Waals surface area contributed by atoms with Crippen LogP contribution in [0, 0.1) is 0 Å². The van der Waals surface area contributed by atoms with E-state index in [1.165, 1.54) is 17.8 Å². The van der Waals surface area contributed by atoms with Gasteiger partial charge in [-0.1, -0.05) is 17.7 Å². The highest BCUT2D eigenvalue weighted by molar-refractivity contribution is 7.99. The molecular weight excluding hydrogens is 298 g/mol. The molecule has 0 saturated heterocycles. The van der Waals surface area contributed by atoms with Crippen molar-refractivity contribution in [2.75, 3.05) is 0 Å². The minimum Gasteiger partial charge on any atom is -0.478 e. The summed E-state index contributed by atoms with van der Waals surface area (Å²) < 4.78 is 1.79. The lowest BCUT2D eigenvalue weighted by Gasteiger charge is -2.05. The molecule has 0 aliphatic heterocycles. The van der Waals surface area contributed by atoms with Gasteiger partial charge >= 0.3 is 5.97 Å². The molecule has 5 nitrogen and oxygen atoms in total. The first-order chi connectivity index (χ1) is 9.65. The summed E-state index contributed by atoms with van der Waals surface area (Å²) in [4.78, 5) is 11.8. The number of hydrogen-bond acceptors (Lipinski definition) is 4. The Morgan fingerprint density at radius 2 is 2.10 bits per heavy atom. The number of carboxylic acids is 1. The molecule has 3 rings (SSSR count). The van der Waals surface area contributed by atoms with E-state index in [0.29, 0.717) is 20.7 Å². The van der Waals surface area contributed by atoms with E-state index in [1.54, 1.807) is 16.5 Å². The van der Waals surface area contributed by atoms with E-state index in [1.807, 2.05) is 24.4 Å². The van der Waals surface area contributed by atoms with Gasteiger partial charge in [-0.15, -0.1) is 10.2 Å². The maximum atomic E-state index is 11.2. The van der Waals surface area contributed by atoms with Crippen LogP contribution < -0.4 is 0 Å². The molecule has 0 amide bonds. The Balaban J connectivity index is 2.07. The van der Waals surface area contributed by atoms with Gasteiger partial charge < -0.3 is 5.11 Å². The van der Waals surface area contributed by atoms with Crippen LogP contribution >= 0.6 is 23.4 Å². The van der Waals surface area contributed by atoms with Gasteiger partial charge in [0.2, 0.25) is 0 Å². The standard InChI is InChI=1S/C13H8ClN3O2S/c14-8-4-5-9(12(18)19)10(7-8)20-13-16-15-11-3-1-2-6-17(11)13/h1-7H,(H,18,19). The second-order valence-electron chi connectivity index (χ2n) is 3.96. The Labute approximate surface area is 123 Å². The summed E-state index contributed by atoms with van der Waals surface area (Å²) in [5.74, 6) is -1.00. The molecule has 0 radical (unpaired) electrons. The number of halogens is 1. The van der Waals surface area contributed by atoms with Crippen LogP contribution in [0.5, 0.6) is 0 Å². The van der Waals surface area contributed by atoms with Crippen LogP contribution in [0.15, 0.2) is 52.6 Å². The van der Waals surface area contributed by atoms with Gasteiger partial charge in [-0.25, -0.2) is 4.79 Å². The molecule has 2 aromatic heterocycles. The third-order valence-corrected chi connectivity index (χ3v) is 3.91. The fraction of sp³-hybridized carbons (Fsp3) is 0. The fourth-order valence-electron chi connectivity index (χ4n) is 1.74. The molecule has 0 unspecified atom stereocenters. The number of rotatable bonds is 3. The first-order valence-electron chi connectivity index (χ1n) is 5.65. The number of carboxylic acid groups (broad SMARTS) is 1. The van der Waals surface area contributed by atoms with Crippen molar-refractivity contribution in [1.82, 2.24) is 14.6 Å². The van der Waals surface area contributed by atoms with Crippen molar-refractivity contribution in [3.05, 3.63) is 53.2 Å². The average Bonchev–Trinajstić information content (AvgIpc) is 2.82. The molecule has 20 heavy (non-hydrogen) atoms. The number of aromatic carboxylic acids is 1. The van der Waals surface area contributed by atoms with Crippen molar-refractivity contribution >= 4 is 35.0 Å². The average molecular weight is 306 g/mol. The molecule has 0 saturated carbocycles. The van der Waals surface area contributed by atoms with Crippen LogP contribution in [0.1, 0.15) is 10.4 Å². The normalized spacial score (nSPS) is 10.8. The number of aromatic nitrogens is 3. The van der Waals surface area contributed by atoms with Crippen LogP contribution in [0.4, 0.5) is 0 Å². The van der Waals surface area contributed by atoms with E-state index in [0.717, 1.165) is 0 Å². The van der Waals surface area contributed by atoms with E-state index in [-0.39, 0.29) is 5.56 Å². The van der Waals surface area contributed by atoms with Gasteiger partial charge in [0.15, 0.2) is 10.8 Å². The van der Waals surface area contributed by atoms with Crippen LogP contribution in [-0.2, 0) is 0 Å². The minimum atomic E-state index is -1.00. The molecule has 2 heterocycles. The van der Waals surface area contributed by atoms with Crippen molar-refractivity contribution in [2.45, 2.75) is 10.1 Å². The number of carbonyl (C=O) groups is 1. The van der Waals surface area contributed by atoms with Gasteiger partial charge in [-0.3, -0.25) is 4.40 Å². The summed E-state index contributed by atoms with van der Waals surface area (Å²) in [7, 11) is 0. The summed E-state index contributed by atoms with van der Waals surface area (Å²) in [6.45, 7) is 0. The fourth-order valence-corrected chi connectivity index (χ4v) is 2.96. The smallest absolute Gasteiger partial charge is 0.336 e. The number of hydrogen-bond donors (Lipinski definition) is 1. The van der Waals surface area contributed by atoms with Crippen molar-refractivity contribution in [3.8, 4) is 0 Å². The van der Waals surface area contributed by atoms with Gasteiger partial charge in [0.25, 0.3) is 0 Å². The number of benzene rings is 1. The predicted molar refractivity (Wildman–Crippen MR) is 75.5 cm³/mol.